The van der Waals surface area contributed by atoms with Gasteiger partial charge in [0.15, 0.2) is 0 Å². The molecule has 5 nitrogen and oxygen atoms in total. The third kappa shape index (κ3) is 3.17. The Kier molecular flexibility index (Phi) is 5.18. The van der Waals surface area contributed by atoms with Gasteiger partial charge in [0.2, 0.25) is 0 Å². The number of ether oxygens (including phenoxy) is 1. The van der Waals surface area contributed by atoms with Crippen LogP contribution in [0.4, 0.5) is 0 Å². The van der Waals surface area contributed by atoms with Gasteiger partial charge < -0.3 is 14.7 Å². The van der Waals surface area contributed by atoms with Crippen molar-refractivity contribution in [1.29, 1.82) is 0 Å². The Morgan fingerprint density at radius 3 is 2.56 bits per heavy atom. The fourth-order valence-corrected chi connectivity index (χ4v) is 2.11. The van der Waals surface area contributed by atoms with Crippen LogP contribution in [0.25, 0.3) is 0 Å². The summed E-state index contributed by atoms with van der Waals surface area (Å²) in [6.45, 7) is 5.94. The summed E-state index contributed by atoms with van der Waals surface area (Å²) in [6.07, 6.45) is 1.33. The van der Waals surface area contributed by atoms with E-state index in [1.807, 2.05) is 0 Å². The summed E-state index contributed by atoms with van der Waals surface area (Å²) >= 11 is 0. The smallest absolute Gasteiger partial charge is 0.323 e. The minimum absolute atomic E-state index is 0.548. The topological polar surface area (TPSA) is 61.8 Å². The summed E-state index contributed by atoms with van der Waals surface area (Å²) in [7, 11) is 1.62. The van der Waals surface area contributed by atoms with E-state index in [0.29, 0.717) is 26.0 Å². The largest absolute Gasteiger partial charge is 0.480 e. The number of hydrogen-bond donors (Lipinski definition) is 2. The highest BCUT2D eigenvalue weighted by Gasteiger charge is 2.40. The van der Waals surface area contributed by atoms with E-state index in [2.05, 4.69) is 17.1 Å². The van der Waals surface area contributed by atoms with Gasteiger partial charge in [0.25, 0.3) is 0 Å². The van der Waals surface area contributed by atoms with Crippen LogP contribution in [0.3, 0.4) is 0 Å². The third-order valence-electron chi connectivity index (χ3n) is 3.34. The second kappa shape index (κ2) is 6.18. The second-order valence-electron chi connectivity index (χ2n) is 4.24. The lowest BCUT2D eigenvalue weighted by Crippen LogP contribution is -2.59. The zero-order valence-electron chi connectivity index (χ0n) is 10.2. The second-order valence-corrected chi connectivity index (χ2v) is 4.24. The van der Waals surface area contributed by atoms with Gasteiger partial charge in [0.1, 0.15) is 5.54 Å². The summed E-state index contributed by atoms with van der Waals surface area (Å²) in [4.78, 5) is 13.6. The van der Waals surface area contributed by atoms with Crippen LogP contribution >= 0.6 is 0 Å². The molecule has 1 fully saturated rings. The van der Waals surface area contributed by atoms with Crippen molar-refractivity contribution in [1.82, 2.24) is 10.2 Å². The van der Waals surface area contributed by atoms with E-state index >= 15 is 0 Å². The van der Waals surface area contributed by atoms with Crippen molar-refractivity contribution >= 4 is 5.97 Å². The molecule has 94 valence electrons. The van der Waals surface area contributed by atoms with Crippen LogP contribution < -0.4 is 5.32 Å². The molecule has 0 amide bonds. The van der Waals surface area contributed by atoms with Crippen LogP contribution in [0.15, 0.2) is 0 Å². The molecule has 1 heterocycles. The Balaban J connectivity index is 2.51. The summed E-state index contributed by atoms with van der Waals surface area (Å²) < 4.78 is 4.93. The summed E-state index contributed by atoms with van der Waals surface area (Å²) in [6, 6.07) is 0. The van der Waals surface area contributed by atoms with Crippen molar-refractivity contribution < 1.29 is 14.6 Å². The molecule has 0 aromatic carbocycles. The van der Waals surface area contributed by atoms with Crippen molar-refractivity contribution in [3.05, 3.63) is 0 Å². The molecule has 0 unspecified atom stereocenters. The monoisotopic (exact) mass is 230 g/mol. The average Bonchev–Trinajstić information content (AvgIpc) is 2.30. The Bertz CT molecular complexity index is 220. The van der Waals surface area contributed by atoms with Crippen molar-refractivity contribution in [2.45, 2.75) is 25.3 Å². The van der Waals surface area contributed by atoms with Gasteiger partial charge >= 0.3 is 5.97 Å². The fourth-order valence-electron chi connectivity index (χ4n) is 2.11. The van der Waals surface area contributed by atoms with Crippen LogP contribution in [0.2, 0.25) is 0 Å². The molecular weight excluding hydrogens is 208 g/mol. The summed E-state index contributed by atoms with van der Waals surface area (Å²) in [5.74, 6) is -0.737. The number of carboxylic acids is 1. The van der Waals surface area contributed by atoms with Gasteiger partial charge in [0.05, 0.1) is 6.61 Å². The molecule has 0 spiro atoms. The number of carbonyl (C=O) groups is 1. The molecule has 1 aliphatic rings. The highest BCUT2D eigenvalue weighted by Crippen LogP contribution is 2.22. The first-order valence-electron chi connectivity index (χ1n) is 5.84. The van der Waals surface area contributed by atoms with E-state index in [1.165, 1.54) is 0 Å². The molecule has 0 aliphatic carbocycles. The predicted octanol–water partition coefficient (Wildman–Crippen LogP) is 0.162. The third-order valence-corrected chi connectivity index (χ3v) is 3.34. The molecule has 0 atom stereocenters. The van der Waals surface area contributed by atoms with E-state index < -0.39 is 11.5 Å². The molecule has 0 saturated carbocycles. The Morgan fingerprint density at radius 2 is 2.12 bits per heavy atom. The molecular formula is C11H22N2O3. The number of rotatable bonds is 6. The number of nitrogens with one attached hydrogen (secondary N) is 1. The number of carboxylic acid groups (broad SMARTS) is 1. The van der Waals surface area contributed by atoms with Crippen LogP contribution in [-0.4, -0.2) is 61.4 Å². The quantitative estimate of drug-likeness (QED) is 0.637. The van der Waals surface area contributed by atoms with Gasteiger partial charge in [-0.15, -0.1) is 0 Å². The first kappa shape index (κ1) is 13.4. The van der Waals surface area contributed by atoms with Crippen LogP contribution in [0.1, 0.15) is 19.8 Å². The minimum Gasteiger partial charge on any atom is -0.480 e. The van der Waals surface area contributed by atoms with Gasteiger partial charge in [-0.1, -0.05) is 6.92 Å². The van der Waals surface area contributed by atoms with E-state index in [4.69, 9.17) is 4.74 Å². The normalized spacial score (nSPS) is 20.9. The number of aliphatic carboxylic acids is 1. The van der Waals surface area contributed by atoms with Crippen LogP contribution in [0, 0.1) is 0 Å². The Labute approximate surface area is 96.8 Å². The van der Waals surface area contributed by atoms with E-state index in [9.17, 15) is 9.90 Å². The summed E-state index contributed by atoms with van der Waals surface area (Å²) in [5.41, 5.74) is -0.746. The average molecular weight is 230 g/mol. The lowest BCUT2D eigenvalue weighted by molar-refractivity contribution is -0.147. The standard InChI is InChI=1S/C11H22N2O3/c1-3-13-7-4-11(5-8-13,10(14)15)12-6-9-16-2/h12H,3-9H2,1-2H3,(H,14,15). The molecule has 0 bridgehead atoms. The molecule has 0 aromatic heterocycles. The maximum atomic E-state index is 11.3. The number of nitrogens with zero attached hydrogens (tertiary/aromatic N) is 1. The Morgan fingerprint density at radius 1 is 1.50 bits per heavy atom. The van der Waals surface area contributed by atoms with Crippen molar-refractivity contribution in [2.75, 3.05) is 39.9 Å². The van der Waals surface area contributed by atoms with Crippen molar-refractivity contribution in [2.24, 2.45) is 0 Å². The zero-order valence-corrected chi connectivity index (χ0v) is 10.2. The van der Waals surface area contributed by atoms with Gasteiger partial charge in [-0.05, 0) is 19.4 Å². The molecule has 16 heavy (non-hydrogen) atoms. The molecule has 5 heteroatoms. The highest BCUT2D eigenvalue weighted by molar-refractivity contribution is 5.79. The van der Waals surface area contributed by atoms with Crippen molar-refractivity contribution in [3.8, 4) is 0 Å². The van der Waals surface area contributed by atoms with Crippen molar-refractivity contribution in [3.63, 3.8) is 0 Å². The predicted molar refractivity (Wildman–Crippen MR) is 61.6 cm³/mol. The maximum Gasteiger partial charge on any atom is 0.323 e. The number of likely N-dealkylation sites (tertiary alicyclic amines) is 1. The first-order valence-corrected chi connectivity index (χ1v) is 5.84. The molecule has 0 aromatic rings. The van der Waals surface area contributed by atoms with Gasteiger partial charge in [-0.25, -0.2) is 0 Å². The van der Waals surface area contributed by atoms with Crippen LogP contribution in [-0.2, 0) is 9.53 Å². The van der Waals surface area contributed by atoms with E-state index in [0.717, 1.165) is 19.6 Å². The zero-order chi connectivity index (χ0) is 12.0. The van der Waals surface area contributed by atoms with E-state index in [1.54, 1.807) is 7.11 Å². The lowest BCUT2D eigenvalue weighted by atomic mass is 9.87. The SMILES string of the molecule is CCN1CCC(NCCOC)(C(=O)O)CC1. The molecule has 1 rings (SSSR count). The number of piperidine rings is 1. The number of methoxy groups -OCH3 is 1. The molecule has 0 radical (unpaired) electrons. The molecule has 1 saturated heterocycles. The summed E-state index contributed by atoms with van der Waals surface area (Å²) in [5, 5.41) is 12.5. The maximum absolute atomic E-state index is 11.3. The minimum atomic E-state index is -0.746. The van der Waals surface area contributed by atoms with Gasteiger partial charge in [-0.2, -0.15) is 0 Å². The molecule has 1 aliphatic heterocycles. The van der Waals surface area contributed by atoms with Gasteiger partial charge in [-0.3, -0.25) is 10.1 Å². The van der Waals surface area contributed by atoms with E-state index in [-0.39, 0.29) is 0 Å². The Hall–Kier alpha value is -0.650. The van der Waals surface area contributed by atoms with Gasteiger partial charge in [0, 0.05) is 26.7 Å². The highest BCUT2D eigenvalue weighted by atomic mass is 16.5. The fraction of sp³-hybridized carbons (Fsp3) is 0.909. The molecule has 2 N–H and O–H groups in total. The number of hydrogen-bond acceptors (Lipinski definition) is 4. The first-order chi connectivity index (χ1) is 7.64. The lowest BCUT2D eigenvalue weighted by Gasteiger charge is -2.39. The van der Waals surface area contributed by atoms with Crippen LogP contribution in [0.5, 0.6) is 0 Å².